The fraction of sp³-hybridized carbons (Fsp3) is 0.333. The van der Waals surface area contributed by atoms with Crippen LogP contribution in [-0.4, -0.2) is 35.8 Å². The van der Waals surface area contributed by atoms with Gasteiger partial charge < -0.3 is 9.64 Å². The van der Waals surface area contributed by atoms with Gasteiger partial charge in [-0.15, -0.1) is 0 Å². The van der Waals surface area contributed by atoms with E-state index < -0.39 is 0 Å². The molecule has 20 heavy (non-hydrogen) atoms. The van der Waals surface area contributed by atoms with E-state index in [9.17, 15) is 4.39 Å². The predicted octanol–water partition coefficient (Wildman–Crippen LogP) is 2.06. The lowest BCUT2D eigenvalue weighted by atomic mass is 10.1. The van der Waals surface area contributed by atoms with E-state index in [4.69, 9.17) is 4.74 Å². The molecule has 0 bridgehead atoms. The molecule has 4 nitrogen and oxygen atoms in total. The van der Waals surface area contributed by atoms with Gasteiger partial charge in [-0.2, -0.15) is 0 Å². The van der Waals surface area contributed by atoms with Crippen molar-refractivity contribution in [2.45, 2.75) is 12.5 Å². The number of anilines is 1. The summed E-state index contributed by atoms with van der Waals surface area (Å²) < 4.78 is 18.7. The summed E-state index contributed by atoms with van der Waals surface area (Å²) >= 11 is 0. The number of aromatic nitrogens is 2. The summed E-state index contributed by atoms with van der Waals surface area (Å²) in [5.74, 6) is 0.525. The minimum Gasteiger partial charge on any atom is -0.374 e. The third kappa shape index (κ3) is 3.11. The molecule has 0 spiro atoms. The standard InChI is InChI=1S/C15H16FN3O/c16-13-4-2-12(3-5-13)10-14-11-19(8-9-20-14)15-17-6-1-7-18-15/h1-7,14H,8-11H2/t14-/m0/s1. The lowest BCUT2D eigenvalue weighted by molar-refractivity contribution is 0.0405. The first kappa shape index (κ1) is 13.0. The SMILES string of the molecule is Fc1ccc(C[C@H]2CN(c3ncccn3)CCO2)cc1. The van der Waals surface area contributed by atoms with E-state index in [0.717, 1.165) is 31.0 Å². The normalized spacial score (nSPS) is 19.1. The Morgan fingerprint density at radius 2 is 1.95 bits per heavy atom. The molecule has 1 atom stereocenters. The van der Waals surface area contributed by atoms with Crippen molar-refractivity contribution in [3.63, 3.8) is 0 Å². The summed E-state index contributed by atoms with van der Waals surface area (Å²) in [5.41, 5.74) is 1.08. The van der Waals surface area contributed by atoms with Gasteiger partial charge in [0.05, 0.1) is 12.7 Å². The first-order valence-corrected chi connectivity index (χ1v) is 6.69. The molecule has 1 aromatic heterocycles. The summed E-state index contributed by atoms with van der Waals surface area (Å²) in [5, 5.41) is 0. The van der Waals surface area contributed by atoms with E-state index in [0.29, 0.717) is 6.61 Å². The average molecular weight is 273 g/mol. The molecular weight excluding hydrogens is 257 g/mol. The van der Waals surface area contributed by atoms with Gasteiger partial charge in [0.25, 0.3) is 0 Å². The van der Waals surface area contributed by atoms with Gasteiger partial charge >= 0.3 is 0 Å². The highest BCUT2D eigenvalue weighted by Crippen LogP contribution is 2.15. The van der Waals surface area contributed by atoms with Crippen LogP contribution in [0.15, 0.2) is 42.7 Å². The van der Waals surface area contributed by atoms with Crippen molar-refractivity contribution >= 4 is 5.95 Å². The number of hydrogen-bond donors (Lipinski definition) is 0. The summed E-state index contributed by atoms with van der Waals surface area (Å²) in [7, 11) is 0. The van der Waals surface area contributed by atoms with E-state index in [1.54, 1.807) is 30.6 Å². The molecular formula is C15H16FN3O. The van der Waals surface area contributed by atoms with Gasteiger partial charge in [-0.1, -0.05) is 12.1 Å². The molecule has 0 unspecified atom stereocenters. The van der Waals surface area contributed by atoms with Crippen LogP contribution in [0, 0.1) is 5.82 Å². The van der Waals surface area contributed by atoms with Crippen molar-refractivity contribution < 1.29 is 9.13 Å². The van der Waals surface area contributed by atoms with Crippen molar-refractivity contribution in [1.82, 2.24) is 9.97 Å². The quantitative estimate of drug-likeness (QED) is 0.858. The Hall–Kier alpha value is -2.01. The molecule has 1 fully saturated rings. The summed E-state index contributed by atoms with van der Waals surface area (Å²) in [6, 6.07) is 8.37. The highest BCUT2D eigenvalue weighted by atomic mass is 19.1. The number of morpholine rings is 1. The molecule has 0 saturated carbocycles. The van der Waals surface area contributed by atoms with Crippen LogP contribution in [0.5, 0.6) is 0 Å². The van der Waals surface area contributed by atoms with Gasteiger partial charge in [-0.05, 0) is 23.8 Å². The maximum absolute atomic E-state index is 12.9. The molecule has 1 aliphatic rings. The number of nitrogens with zero attached hydrogens (tertiary/aromatic N) is 3. The van der Waals surface area contributed by atoms with E-state index in [1.165, 1.54) is 12.1 Å². The first-order valence-electron chi connectivity index (χ1n) is 6.69. The van der Waals surface area contributed by atoms with Crippen LogP contribution in [0.2, 0.25) is 0 Å². The molecule has 1 aromatic carbocycles. The number of hydrogen-bond acceptors (Lipinski definition) is 4. The lowest BCUT2D eigenvalue weighted by Gasteiger charge is -2.33. The van der Waals surface area contributed by atoms with Gasteiger partial charge in [0.1, 0.15) is 5.82 Å². The molecule has 2 aromatic rings. The number of ether oxygens (including phenoxy) is 1. The third-order valence-corrected chi connectivity index (χ3v) is 3.35. The van der Waals surface area contributed by atoms with Crippen LogP contribution >= 0.6 is 0 Å². The first-order chi connectivity index (χ1) is 9.81. The second-order valence-electron chi connectivity index (χ2n) is 4.82. The molecule has 0 N–H and O–H groups in total. The zero-order valence-electron chi connectivity index (χ0n) is 11.1. The summed E-state index contributed by atoms with van der Waals surface area (Å²) in [6.07, 6.45) is 4.33. The minimum absolute atomic E-state index is 0.0815. The zero-order valence-corrected chi connectivity index (χ0v) is 11.1. The lowest BCUT2D eigenvalue weighted by Crippen LogP contribution is -2.44. The molecule has 0 amide bonds. The minimum atomic E-state index is -0.211. The van der Waals surface area contributed by atoms with Gasteiger partial charge in [0.2, 0.25) is 5.95 Å². The molecule has 1 saturated heterocycles. The highest BCUT2D eigenvalue weighted by molar-refractivity contribution is 5.29. The van der Waals surface area contributed by atoms with Gasteiger partial charge in [0, 0.05) is 31.9 Å². The van der Waals surface area contributed by atoms with Crippen LogP contribution in [0.25, 0.3) is 0 Å². The van der Waals surface area contributed by atoms with Crippen LogP contribution in [-0.2, 0) is 11.2 Å². The largest absolute Gasteiger partial charge is 0.374 e. The van der Waals surface area contributed by atoms with Crippen molar-refractivity contribution in [3.05, 3.63) is 54.1 Å². The maximum atomic E-state index is 12.9. The molecule has 0 aliphatic carbocycles. The second-order valence-corrected chi connectivity index (χ2v) is 4.82. The monoisotopic (exact) mass is 273 g/mol. The van der Waals surface area contributed by atoms with Gasteiger partial charge in [-0.3, -0.25) is 0 Å². The van der Waals surface area contributed by atoms with Crippen molar-refractivity contribution in [3.8, 4) is 0 Å². The molecule has 104 valence electrons. The zero-order chi connectivity index (χ0) is 13.8. The molecule has 5 heteroatoms. The fourth-order valence-corrected chi connectivity index (χ4v) is 2.36. The Bertz CT molecular complexity index is 547. The number of halogens is 1. The summed E-state index contributed by atoms with van der Waals surface area (Å²) in [6.45, 7) is 2.20. The van der Waals surface area contributed by atoms with Crippen molar-refractivity contribution in [1.29, 1.82) is 0 Å². The van der Waals surface area contributed by atoms with Crippen LogP contribution in [0.4, 0.5) is 10.3 Å². The smallest absolute Gasteiger partial charge is 0.225 e. The Morgan fingerprint density at radius 3 is 2.70 bits per heavy atom. The Balaban J connectivity index is 1.65. The van der Waals surface area contributed by atoms with Crippen molar-refractivity contribution in [2.75, 3.05) is 24.6 Å². The van der Waals surface area contributed by atoms with Crippen LogP contribution in [0.1, 0.15) is 5.56 Å². The van der Waals surface area contributed by atoms with Gasteiger partial charge in [0.15, 0.2) is 0 Å². The van der Waals surface area contributed by atoms with Crippen LogP contribution in [0.3, 0.4) is 0 Å². The van der Waals surface area contributed by atoms with Gasteiger partial charge in [-0.25, -0.2) is 14.4 Å². The molecule has 0 radical (unpaired) electrons. The third-order valence-electron chi connectivity index (χ3n) is 3.35. The summed E-state index contributed by atoms with van der Waals surface area (Å²) in [4.78, 5) is 10.7. The highest BCUT2D eigenvalue weighted by Gasteiger charge is 2.22. The number of benzene rings is 1. The Morgan fingerprint density at radius 1 is 1.20 bits per heavy atom. The van der Waals surface area contributed by atoms with Crippen molar-refractivity contribution in [2.24, 2.45) is 0 Å². The molecule has 1 aliphatic heterocycles. The Labute approximate surface area is 117 Å². The van der Waals surface area contributed by atoms with Crippen LogP contribution < -0.4 is 4.90 Å². The number of rotatable bonds is 3. The van der Waals surface area contributed by atoms with E-state index in [-0.39, 0.29) is 11.9 Å². The molecule has 2 heterocycles. The topological polar surface area (TPSA) is 38.2 Å². The van der Waals surface area contributed by atoms with E-state index >= 15 is 0 Å². The van der Waals surface area contributed by atoms with E-state index in [1.807, 2.05) is 0 Å². The average Bonchev–Trinajstić information content (AvgIpc) is 2.51. The maximum Gasteiger partial charge on any atom is 0.225 e. The molecule has 3 rings (SSSR count). The fourth-order valence-electron chi connectivity index (χ4n) is 2.36. The predicted molar refractivity (Wildman–Crippen MR) is 74.1 cm³/mol. The van der Waals surface area contributed by atoms with E-state index in [2.05, 4.69) is 14.9 Å². The Kier molecular flexibility index (Phi) is 3.87. The second kappa shape index (κ2) is 5.96.